The van der Waals surface area contributed by atoms with Gasteiger partial charge in [-0.15, -0.1) is 0 Å². The van der Waals surface area contributed by atoms with E-state index in [1.165, 1.54) is 16.8 Å². The van der Waals surface area contributed by atoms with Gasteiger partial charge in [0.05, 0.1) is 7.11 Å². The summed E-state index contributed by atoms with van der Waals surface area (Å²) in [7, 11) is 1.69. The van der Waals surface area contributed by atoms with Crippen LogP contribution in [0, 0.1) is 0 Å². The highest BCUT2D eigenvalue weighted by Crippen LogP contribution is 2.32. The number of para-hydroxylation sites is 1. The Morgan fingerprint density at radius 3 is 2.95 bits per heavy atom. The van der Waals surface area contributed by atoms with Crippen molar-refractivity contribution in [2.24, 2.45) is 5.73 Å². The van der Waals surface area contributed by atoms with Crippen LogP contribution in [-0.2, 0) is 19.5 Å². The molecule has 0 spiro atoms. The van der Waals surface area contributed by atoms with E-state index in [2.05, 4.69) is 17.9 Å². The van der Waals surface area contributed by atoms with Gasteiger partial charge in [0.25, 0.3) is 0 Å². The average molecular weight is 271 g/mol. The molecule has 3 rings (SSSR count). The molecule has 0 radical (unpaired) electrons. The lowest BCUT2D eigenvalue weighted by molar-refractivity contribution is 0.265. The van der Waals surface area contributed by atoms with Gasteiger partial charge in [0.2, 0.25) is 0 Å². The first-order chi connectivity index (χ1) is 9.78. The molecule has 1 aliphatic heterocycles. The number of hydrogen-bond donors (Lipinski definition) is 1. The minimum atomic E-state index is 0.548. The summed E-state index contributed by atoms with van der Waals surface area (Å²) in [6.45, 7) is 5.84. The maximum Gasteiger partial charge on any atom is 0.145 e. The van der Waals surface area contributed by atoms with Crippen LogP contribution in [0.4, 0.5) is 0 Å². The lowest BCUT2D eigenvalue weighted by atomic mass is 9.95. The summed E-state index contributed by atoms with van der Waals surface area (Å²) in [4.78, 5) is 7.30. The third-order valence-corrected chi connectivity index (χ3v) is 4.20. The van der Waals surface area contributed by atoms with Crippen LogP contribution >= 0.6 is 0 Å². The summed E-state index contributed by atoms with van der Waals surface area (Å²) in [5.74, 6) is 0.831. The number of nitrogens with two attached hydrogens (primary N) is 1. The highest BCUT2D eigenvalue weighted by molar-refractivity contribution is 5.88. The monoisotopic (exact) mass is 271 g/mol. The van der Waals surface area contributed by atoms with E-state index in [1.54, 1.807) is 7.11 Å². The number of nitrogens with zero attached hydrogens (tertiary/aromatic N) is 2. The molecule has 0 aliphatic carbocycles. The summed E-state index contributed by atoms with van der Waals surface area (Å²) in [6, 6.07) is 6.07. The lowest BCUT2D eigenvalue weighted by Crippen LogP contribution is -2.32. The van der Waals surface area contributed by atoms with Crippen LogP contribution in [0.15, 0.2) is 18.2 Å². The molecule has 0 atom stereocenters. The Hall–Kier alpha value is -1.65. The van der Waals surface area contributed by atoms with Gasteiger partial charge in [-0.1, -0.05) is 19.1 Å². The van der Waals surface area contributed by atoms with Crippen molar-refractivity contribution < 1.29 is 4.74 Å². The Labute approximate surface area is 119 Å². The van der Waals surface area contributed by atoms with Gasteiger partial charge in [-0.05, 0) is 23.7 Å². The standard InChI is InChI=1S/C16H21N3O/c1-3-19-8-7-14-13(10-19)12(9-17)11-5-4-6-15(20-2)16(11)18-14/h4-6H,3,7-10,17H2,1-2H3. The second kappa shape index (κ2) is 5.38. The summed E-state index contributed by atoms with van der Waals surface area (Å²) in [5, 5.41) is 1.13. The number of methoxy groups -OCH3 is 1. The molecule has 4 nitrogen and oxygen atoms in total. The zero-order valence-corrected chi connectivity index (χ0v) is 12.1. The van der Waals surface area contributed by atoms with Crippen LogP contribution in [0.25, 0.3) is 10.9 Å². The average Bonchev–Trinajstić information content (AvgIpc) is 2.51. The van der Waals surface area contributed by atoms with Crippen LogP contribution in [0.3, 0.4) is 0 Å². The van der Waals surface area contributed by atoms with E-state index < -0.39 is 0 Å². The number of benzene rings is 1. The molecule has 1 aromatic heterocycles. The largest absolute Gasteiger partial charge is 0.494 e. The molecule has 0 unspecified atom stereocenters. The first-order valence-electron chi connectivity index (χ1n) is 7.18. The fourth-order valence-electron chi connectivity index (χ4n) is 3.05. The molecule has 0 amide bonds. The van der Waals surface area contributed by atoms with Gasteiger partial charge >= 0.3 is 0 Å². The molecule has 2 heterocycles. The number of aromatic nitrogens is 1. The molecule has 4 heteroatoms. The fraction of sp³-hybridized carbons (Fsp3) is 0.438. The number of pyridine rings is 1. The molecule has 1 aliphatic rings. The molecule has 20 heavy (non-hydrogen) atoms. The van der Waals surface area contributed by atoms with Crippen molar-refractivity contribution in [2.75, 3.05) is 20.2 Å². The third-order valence-electron chi connectivity index (χ3n) is 4.20. The Bertz CT molecular complexity index is 639. The molecule has 2 aromatic rings. The predicted molar refractivity (Wildman–Crippen MR) is 80.8 cm³/mol. The van der Waals surface area contributed by atoms with Crippen LogP contribution in [0.1, 0.15) is 23.7 Å². The first kappa shape index (κ1) is 13.3. The third kappa shape index (κ3) is 2.05. The van der Waals surface area contributed by atoms with Crippen molar-refractivity contribution in [1.82, 2.24) is 9.88 Å². The van der Waals surface area contributed by atoms with E-state index in [0.29, 0.717) is 6.54 Å². The molecular formula is C16H21N3O. The van der Waals surface area contributed by atoms with Crippen molar-refractivity contribution in [3.8, 4) is 5.75 Å². The zero-order chi connectivity index (χ0) is 14.1. The van der Waals surface area contributed by atoms with Crippen molar-refractivity contribution in [2.45, 2.75) is 26.4 Å². The van der Waals surface area contributed by atoms with Gasteiger partial charge < -0.3 is 10.5 Å². The zero-order valence-electron chi connectivity index (χ0n) is 12.1. The number of fused-ring (bicyclic) bond motifs is 2. The van der Waals surface area contributed by atoms with E-state index in [1.807, 2.05) is 12.1 Å². The number of likely N-dealkylation sites (N-methyl/N-ethyl adjacent to an activating group) is 1. The minimum absolute atomic E-state index is 0.548. The van der Waals surface area contributed by atoms with Gasteiger partial charge in [0.1, 0.15) is 11.3 Å². The van der Waals surface area contributed by atoms with E-state index >= 15 is 0 Å². The Balaban J connectivity index is 2.25. The Kier molecular flexibility index (Phi) is 3.59. The van der Waals surface area contributed by atoms with Crippen LogP contribution < -0.4 is 10.5 Å². The van der Waals surface area contributed by atoms with Gasteiger partial charge in [-0.2, -0.15) is 0 Å². The van der Waals surface area contributed by atoms with E-state index in [-0.39, 0.29) is 0 Å². The second-order valence-corrected chi connectivity index (χ2v) is 5.19. The molecule has 0 bridgehead atoms. The van der Waals surface area contributed by atoms with Gasteiger partial charge in [0, 0.05) is 37.1 Å². The maximum atomic E-state index is 6.03. The molecule has 0 saturated carbocycles. The summed E-state index contributed by atoms with van der Waals surface area (Å²) in [5.41, 5.74) is 10.7. The quantitative estimate of drug-likeness (QED) is 0.928. The highest BCUT2D eigenvalue weighted by Gasteiger charge is 2.21. The molecule has 2 N–H and O–H groups in total. The molecule has 0 fully saturated rings. The van der Waals surface area contributed by atoms with Crippen molar-refractivity contribution in [3.63, 3.8) is 0 Å². The van der Waals surface area contributed by atoms with Gasteiger partial charge in [0.15, 0.2) is 0 Å². The van der Waals surface area contributed by atoms with Crippen molar-refractivity contribution in [1.29, 1.82) is 0 Å². The molecule has 1 aromatic carbocycles. The smallest absolute Gasteiger partial charge is 0.145 e. The topological polar surface area (TPSA) is 51.4 Å². The van der Waals surface area contributed by atoms with Crippen molar-refractivity contribution in [3.05, 3.63) is 35.0 Å². The summed E-state index contributed by atoms with van der Waals surface area (Å²) in [6.07, 6.45) is 0.990. The maximum absolute atomic E-state index is 6.03. The van der Waals surface area contributed by atoms with Crippen LogP contribution in [0.5, 0.6) is 5.75 Å². The van der Waals surface area contributed by atoms with E-state index in [0.717, 1.165) is 42.7 Å². The molecular weight excluding hydrogens is 250 g/mol. The number of hydrogen-bond acceptors (Lipinski definition) is 4. The summed E-state index contributed by atoms with van der Waals surface area (Å²) >= 11 is 0. The summed E-state index contributed by atoms with van der Waals surface area (Å²) < 4.78 is 5.45. The van der Waals surface area contributed by atoms with Gasteiger partial charge in [-0.3, -0.25) is 4.90 Å². The first-order valence-corrected chi connectivity index (χ1v) is 7.18. The normalized spacial score (nSPS) is 15.3. The highest BCUT2D eigenvalue weighted by atomic mass is 16.5. The minimum Gasteiger partial charge on any atom is -0.494 e. The van der Waals surface area contributed by atoms with Crippen LogP contribution in [-0.4, -0.2) is 30.1 Å². The molecule has 0 saturated heterocycles. The number of rotatable bonds is 3. The van der Waals surface area contributed by atoms with Crippen molar-refractivity contribution >= 4 is 10.9 Å². The van der Waals surface area contributed by atoms with Crippen LogP contribution in [0.2, 0.25) is 0 Å². The fourth-order valence-corrected chi connectivity index (χ4v) is 3.05. The Morgan fingerprint density at radius 1 is 1.40 bits per heavy atom. The Morgan fingerprint density at radius 2 is 2.25 bits per heavy atom. The van der Waals surface area contributed by atoms with E-state index in [4.69, 9.17) is 15.5 Å². The molecule has 106 valence electrons. The van der Waals surface area contributed by atoms with Gasteiger partial charge in [-0.25, -0.2) is 4.98 Å². The SMILES string of the molecule is CCN1CCc2nc3c(OC)cccc3c(CN)c2C1. The second-order valence-electron chi connectivity index (χ2n) is 5.19. The lowest BCUT2D eigenvalue weighted by Gasteiger charge is -2.29. The number of ether oxygens (including phenoxy) is 1. The predicted octanol–water partition coefficient (Wildman–Crippen LogP) is 2.08. The van der Waals surface area contributed by atoms with E-state index in [9.17, 15) is 0 Å².